The second-order valence-corrected chi connectivity index (χ2v) is 7.10. The van der Waals surface area contributed by atoms with E-state index in [4.69, 9.17) is 0 Å². The summed E-state index contributed by atoms with van der Waals surface area (Å²) in [4.78, 5) is 23.2. The lowest BCUT2D eigenvalue weighted by Gasteiger charge is -2.11. The van der Waals surface area contributed by atoms with E-state index in [1.54, 1.807) is 17.7 Å². The molecule has 0 radical (unpaired) electrons. The maximum atomic E-state index is 12.4. The summed E-state index contributed by atoms with van der Waals surface area (Å²) in [7, 11) is 0. The normalized spacial score (nSPS) is 10.7. The van der Waals surface area contributed by atoms with Crippen molar-refractivity contribution >= 4 is 29.0 Å². The Morgan fingerprint density at radius 2 is 1.93 bits per heavy atom. The molecule has 0 aliphatic heterocycles. The molecule has 2 aromatic carbocycles. The molecule has 0 unspecified atom stereocenters. The van der Waals surface area contributed by atoms with Gasteiger partial charge in [-0.25, -0.2) is 0 Å². The zero-order chi connectivity index (χ0) is 20.3. The van der Waals surface area contributed by atoms with E-state index < -0.39 is 4.92 Å². The van der Waals surface area contributed by atoms with Crippen LogP contribution in [0.15, 0.2) is 41.6 Å². The SMILES string of the molecule is Cc1ccccc1-n1nnnc1SCC(=O)Nc1c([N+](=O)[O-])ccc(C)c1C. The van der Waals surface area contributed by atoms with Gasteiger partial charge in [0, 0.05) is 6.07 Å². The van der Waals surface area contributed by atoms with Crippen molar-refractivity contribution in [2.24, 2.45) is 0 Å². The van der Waals surface area contributed by atoms with Gasteiger partial charge in [0.1, 0.15) is 5.69 Å². The smallest absolute Gasteiger partial charge is 0.293 e. The van der Waals surface area contributed by atoms with Gasteiger partial charge in [0.2, 0.25) is 11.1 Å². The van der Waals surface area contributed by atoms with Crippen LogP contribution in [0.3, 0.4) is 0 Å². The lowest BCUT2D eigenvalue weighted by Crippen LogP contribution is -2.17. The molecule has 0 saturated carbocycles. The molecule has 10 heteroatoms. The molecule has 1 aromatic heterocycles. The van der Waals surface area contributed by atoms with E-state index >= 15 is 0 Å². The predicted octanol–water partition coefficient (Wildman–Crippen LogP) is 3.23. The van der Waals surface area contributed by atoms with Crippen molar-refractivity contribution in [2.75, 3.05) is 11.1 Å². The quantitative estimate of drug-likeness (QED) is 0.385. The maximum Gasteiger partial charge on any atom is 0.293 e. The largest absolute Gasteiger partial charge is 0.319 e. The number of nitro groups is 1. The van der Waals surface area contributed by atoms with Crippen molar-refractivity contribution < 1.29 is 9.72 Å². The molecule has 0 aliphatic rings. The molecule has 144 valence electrons. The third-order valence-corrected chi connectivity index (χ3v) is 5.21. The minimum atomic E-state index is -0.506. The van der Waals surface area contributed by atoms with Crippen LogP contribution in [-0.2, 0) is 4.79 Å². The molecule has 3 rings (SSSR count). The number of hydrogen-bond acceptors (Lipinski definition) is 7. The number of aryl methyl sites for hydroxylation is 2. The van der Waals surface area contributed by atoms with Crippen LogP contribution in [0.4, 0.5) is 11.4 Å². The number of carbonyl (C=O) groups is 1. The average Bonchev–Trinajstić information content (AvgIpc) is 3.12. The number of anilines is 1. The second kappa shape index (κ2) is 8.17. The molecule has 0 spiro atoms. The lowest BCUT2D eigenvalue weighted by molar-refractivity contribution is -0.384. The zero-order valence-electron chi connectivity index (χ0n) is 15.5. The highest BCUT2D eigenvalue weighted by Gasteiger charge is 2.20. The molecule has 0 bridgehead atoms. The van der Waals surface area contributed by atoms with Gasteiger partial charge >= 0.3 is 0 Å². The minimum absolute atomic E-state index is 0.0107. The molecule has 1 amide bonds. The first-order valence-electron chi connectivity index (χ1n) is 8.40. The first-order valence-corrected chi connectivity index (χ1v) is 9.38. The van der Waals surface area contributed by atoms with Crippen LogP contribution >= 0.6 is 11.8 Å². The third kappa shape index (κ3) is 4.01. The van der Waals surface area contributed by atoms with Gasteiger partial charge in [-0.2, -0.15) is 4.68 Å². The topological polar surface area (TPSA) is 116 Å². The highest BCUT2D eigenvalue weighted by molar-refractivity contribution is 7.99. The van der Waals surface area contributed by atoms with Crippen LogP contribution in [0.5, 0.6) is 0 Å². The summed E-state index contributed by atoms with van der Waals surface area (Å²) in [6.45, 7) is 5.52. The molecule has 3 aromatic rings. The lowest BCUT2D eigenvalue weighted by atomic mass is 10.1. The van der Waals surface area contributed by atoms with E-state index in [9.17, 15) is 14.9 Å². The van der Waals surface area contributed by atoms with Crippen LogP contribution in [-0.4, -0.2) is 36.8 Å². The fraction of sp³-hybridized carbons (Fsp3) is 0.222. The number of nitrogens with zero attached hydrogens (tertiary/aromatic N) is 5. The molecule has 28 heavy (non-hydrogen) atoms. The third-order valence-electron chi connectivity index (χ3n) is 4.29. The molecule has 1 heterocycles. The van der Waals surface area contributed by atoms with E-state index in [1.807, 2.05) is 38.1 Å². The number of benzene rings is 2. The zero-order valence-corrected chi connectivity index (χ0v) is 16.4. The fourth-order valence-electron chi connectivity index (χ4n) is 2.64. The predicted molar refractivity (Wildman–Crippen MR) is 106 cm³/mol. The van der Waals surface area contributed by atoms with Gasteiger partial charge in [0.15, 0.2) is 0 Å². The van der Waals surface area contributed by atoms with E-state index in [2.05, 4.69) is 20.8 Å². The fourth-order valence-corrected chi connectivity index (χ4v) is 3.32. The Balaban J connectivity index is 1.75. The van der Waals surface area contributed by atoms with Gasteiger partial charge < -0.3 is 5.32 Å². The van der Waals surface area contributed by atoms with E-state index in [1.165, 1.54) is 6.07 Å². The van der Waals surface area contributed by atoms with Crippen LogP contribution in [0.1, 0.15) is 16.7 Å². The molecular formula is C18H18N6O3S. The van der Waals surface area contributed by atoms with Gasteiger partial charge in [-0.15, -0.1) is 5.10 Å². The summed E-state index contributed by atoms with van der Waals surface area (Å²) in [5.41, 5.74) is 3.42. The van der Waals surface area contributed by atoms with Crippen molar-refractivity contribution in [3.8, 4) is 5.69 Å². The molecule has 0 fully saturated rings. The van der Waals surface area contributed by atoms with Gasteiger partial charge in [-0.1, -0.05) is 36.0 Å². The Bertz CT molecular complexity index is 1050. The number of thioether (sulfide) groups is 1. The molecule has 9 nitrogen and oxygen atoms in total. The number of rotatable bonds is 6. The van der Waals surface area contributed by atoms with Crippen LogP contribution in [0.25, 0.3) is 5.69 Å². The van der Waals surface area contributed by atoms with Gasteiger partial charge in [-0.3, -0.25) is 14.9 Å². The van der Waals surface area contributed by atoms with Crippen LogP contribution < -0.4 is 5.32 Å². The number of hydrogen-bond donors (Lipinski definition) is 1. The Kier molecular flexibility index (Phi) is 5.69. The van der Waals surface area contributed by atoms with Crippen molar-refractivity contribution in [3.63, 3.8) is 0 Å². The highest BCUT2D eigenvalue weighted by Crippen LogP contribution is 2.30. The standard InChI is InChI=1S/C18H18N6O3S/c1-11-8-9-15(24(26)27)17(13(11)3)19-16(25)10-28-18-20-21-22-23(18)14-7-5-4-6-12(14)2/h4-9H,10H2,1-3H3,(H,19,25). The van der Waals surface area contributed by atoms with E-state index in [0.29, 0.717) is 10.7 Å². The number of tetrazole rings is 1. The van der Waals surface area contributed by atoms with Gasteiger partial charge in [-0.05, 0) is 54.0 Å². The molecule has 0 aliphatic carbocycles. The number of amides is 1. The Labute approximate surface area is 165 Å². The van der Waals surface area contributed by atoms with Gasteiger partial charge in [0.25, 0.3) is 5.69 Å². The number of nitro benzene ring substituents is 1. The molecular weight excluding hydrogens is 380 g/mol. The maximum absolute atomic E-state index is 12.4. The number of para-hydroxylation sites is 1. The summed E-state index contributed by atoms with van der Waals surface area (Å²) < 4.78 is 1.56. The number of nitrogens with one attached hydrogen (secondary N) is 1. The van der Waals surface area contributed by atoms with Crippen LogP contribution in [0, 0.1) is 30.9 Å². The number of carbonyl (C=O) groups excluding carboxylic acids is 1. The molecule has 0 saturated heterocycles. The number of aromatic nitrogens is 4. The summed E-state index contributed by atoms with van der Waals surface area (Å²) >= 11 is 1.15. The summed E-state index contributed by atoms with van der Waals surface area (Å²) in [5, 5.41) is 26.0. The summed E-state index contributed by atoms with van der Waals surface area (Å²) in [6.07, 6.45) is 0. The van der Waals surface area contributed by atoms with Crippen LogP contribution in [0.2, 0.25) is 0 Å². The minimum Gasteiger partial charge on any atom is -0.319 e. The van der Waals surface area contributed by atoms with Gasteiger partial charge in [0.05, 0.1) is 16.4 Å². The first kappa shape index (κ1) is 19.5. The summed E-state index contributed by atoms with van der Waals surface area (Å²) in [6, 6.07) is 10.7. The van der Waals surface area contributed by atoms with Crippen molar-refractivity contribution in [3.05, 3.63) is 63.2 Å². The molecule has 1 N–H and O–H groups in total. The van der Waals surface area contributed by atoms with Crippen molar-refractivity contribution in [1.29, 1.82) is 0 Å². The molecule has 0 atom stereocenters. The average molecular weight is 398 g/mol. The monoisotopic (exact) mass is 398 g/mol. The highest BCUT2D eigenvalue weighted by atomic mass is 32.2. The second-order valence-electron chi connectivity index (χ2n) is 6.16. The van der Waals surface area contributed by atoms with E-state index in [0.717, 1.165) is 28.6 Å². The van der Waals surface area contributed by atoms with Crippen molar-refractivity contribution in [1.82, 2.24) is 20.2 Å². The van der Waals surface area contributed by atoms with E-state index in [-0.39, 0.29) is 23.0 Å². The Morgan fingerprint density at radius 1 is 1.18 bits per heavy atom. The summed E-state index contributed by atoms with van der Waals surface area (Å²) in [5.74, 6) is -0.363. The van der Waals surface area contributed by atoms with Crippen molar-refractivity contribution in [2.45, 2.75) is 25.9 Å². The Morgan fingerprint density at radius 3 is 2.64 bits per heavy atom. The first-order chi connectivity index (χ1) is 13.4. The Hall–Kier alpha value is -3.27.